The summed E-state index contributed by atoms with van der Waals surface area (Å²) in [6.45, 7) is 11.4. The van der Waals surface area contributed by atoms with E-state index in [0.29, 0.717) is 5.92 Å². The van der Waals surface area contributed by atoms with Gasteiger partial charge in [0.2, 0.25) is 0 Å². The third-order valence-corrected chi connectivity index (χ3v) is 7.23. The Kier molecular flexibility index (Phi) is 6.18. The number of piperidine rings is 1. The Morgan fingerprint density at radius 3 is 2.79 bits per heavy atom. The molecule has 1 aromatic heterocycles. The van der Waals surface area contributed by atoms with Crippen LogP contribution in [0.25, 0.3) is 0 Å². The summed E-state index contributed by atoms with van der Waals surface area (Å²) in [4.78, 5) is 14.2. The topological polar surface area (TPSA) is 50.7 Å². The fourth-order valence-electron chi connectivity index (χ4n) is 5.60. The third-order valence-electron chi connectivity index (χ3n) is 7.23. The predicted octanol–water partition coefficient (Wildman–Crippen LogP) is 2.94. The van der Waals surface area contributed by atoms with E-state index in [4.69, 9.17) is 9.47 Å². The first-order valence-electron chi connectivity index (χ1n) is 11.0. The van der Waals surface area contributed by atoms with Gasteiger partial charge >= 0.3 is 0 Å². The average molecular weight is 389 g/mol. The third kappa shape index (κ3) is 4.05. The molecule has 0 bridgehead atoms. The lowest BCUT2D eigenvalue weighted by molar-refractivity contribution is -0.0540. The molecule has 1 saturated carbocycles. The maximum atomic E-state index is 5.78. The maximum Gasteiger partial charge on any atom is 0.132 e. The zero-order valence-corrected chi connectivity index (χ0v) is 17.8. The quantitative estimate of drug-likeness (QED) is 0.773. The summed E-state index contributed by atoms with van der Waals surface area (Å²) in [6.07, 6.45) is 6.78. The molecule has 6 heteroatoms. The second-order valence-electron chi connectivity index (χ2n) is 9.23. The molecule has 0 amide bonds. The Hall–Kier alpha value is -1.24. The highest BCUT2D eigenvalue weighted by Gasteiger charge is 2.48. The van der Waals surface area contributed by atoms with Gasteiger partial charge < -0.3 is 14.4 Å². The normalized spacial score (nSPS) is 31.8. The SMILES string of the molecule is COC[C@@]12CC[C@@H](N3CCOCC3)C[C@H]1CCN(c1cc(C(C)C)ncn1)C2. The molecule has 156 valence electrons. The van der Waals surface area contributed by atoms with Crippen LogP contribution in [0.3, 0.4) is 0 Å². The van der Waals surface area contributed by atoms with Crippen LogP contribution in [-0.4, -0.2) is 74.0 Å². The van der Waals surface area contributed by atoms with Crippen LogP contribution >= 0.6 is 0 Å². The van der Waals surface area contributed by atoms with Crippen molar-refractivity contribution in [2.75, 3.05) is 58.0 Å². The molecule has 3 heterocycles. The van der Waals surface area contributed by atoms with Crippen molar-refractivity contribution in [3.05, 3.63) is 18.1 Å². The van der Waals surface area contributed by atoms with Crippen LogP contribution in [0.1, 0.15) is 51.1 Å². The van der Waals surface area contributed by atoms with Gasteiger partial charge in [0.25, 0.3) is 0 Å². The molecule has 28 heavy (non-hydrogen) atoms. The van der Waals surface area contributed by atoms with Crippen molar-refractivity contribution >= 4 is 5.82 Å². The molecular weight excluding hydrogens is 352 g/mol. The first-order valence-corrected chi connectivity index (χ1v) is 11.0. The molecule has 2 aliphatic heterocycles. The van der Waals surface area contributed by atoms with Crippen molar-refractivity contribution in [1.29, 1.82) is 0 Å². The largest absolute Gasteiger partial charge is 0.384 e. The van der Waals surface area contributed by atoms with Gasteiger partial charge in [0.05, 0.1) is 19.8 Å². The summed E-state index contributed by atoms with van der Waals surface area (Å²) in [5.74, 6) is 2.25. The van der Waals surface area contributed by atoms with Gasteiger partial charge in [-0.15, -0.1) is 0 Å². The van der Waals surface area contributed by atoms with Crippen LogP contribution in [0.5, 0.6) is 0 Å². The molecule has 2 saturated heterocycles. The second-order valence-corrected chi connectivity index (χ2v) is 9.23. The summed E-state index contributed by atoms with van der Waals surface area (Å²) >= 11 is 0. The highest BCUT2D eigenvalue weighted by molar-refractivity contribution is 5.41. The fourth-order valence-corrected chi connectivity index (χ4v) is 5.60. The van der Waals surface area contributed by atoms with Gasteiger partial charge in [-0.05, 0) is 37.5 Å². The monoisotopic (exact) mass is 388 g/mol. The van der Waals surface area contributed by atoms with Crippen LogP contribution in [0, 0.1) is 11.3 Å². The molecule has 3 atom stereocenters. The highest BCUT2D eigenvalue weighted by Crippen LogP contribution is 2.48. The number of ether oxygens (including phenoxy) is 2. The minimum Gasteiger partial charge on any atom is -0.384 e. The molecule has 1 aromatic rings. The van der Waals surface area contributed by atoms with Crippen LogP contribution in [0.4, 0.5) is 5.82 Å². The second kappa shape index (κ2) is 8.64. The van der Waals surface area contributed by atoms with Gasteiger partial charge in [0, 0.05) is 56.5 Å². The van der Waals surface area contributed by atoms with Gasteiger partial charge in [-0.25, -0.2) is 9.97 Å². The Morgan fingerprint density at radius 2 is 2.04 bits per heavy atom. The van der Waals surface area contributed by atoms with Gasteiger partial charge in [0.1, 0.15) is 12.1 Å². The van der Waals surface area contributed by atoms with Crippen molar-refractivity contribution in [3.8, 4) is 0 Å². The minimum absolute atomic E-state index is 0.249. The molecule has 0 spiro atoms. The van der Waals surface area contributed by atoms with Crippen LogP contribution in [0.15, 0.2) is 12.4 Å². The minimum atomic E-state index is 0.249. The zero-order chi connectivity index (χ0) is 19.6. The Balaban J connectivity index is 1.49. The van der Waals surface area contributed by atoms with Crippen molar-refractivity contribution in [2.24, 2.45) is 11.3 Å². The molecule has 3 aliphatic rings. The summed E-state index contributed by atoms with van der Waals surface area (Å²) in [7, 11) is 1.86. The molecule has 6 nitrogen and oxygen atoms in total. The molecule has 0 aromatic carbocycles. The van der Waals surface area contributed by atoms with Gasteiger partial charge in [0.15, 0.2) is 0 Å². The fraction of sp³-hybridized carbons (Fsp3) is 0.818. The lowest BCUT2D eigenvalue weighted by atomic mass is 9.62. The number of hydrogen-bond donors (Lipinski definition) is 0. The highest BCUT2D eigenvalue weighted by atomic mass is 16.5. The first-order chi connectivity index (χ1) is 13.6. The molecule has 1 aliphatic carbocycles. The van der Waals surface area contributed by atoms with Gasteiger partial charge in [-0.3, -0.25) is 4.90 Å². The van der Waals surface area contributed by atoms with E-state index in [9.17, 15) is 0 Å². The Morgan fingerprint density at radius 1 is 1.21 bits per heavy atom. The average Bonchev–Trinajstić information content (AvgIpc) is 2.74. The standard InChI is InChI=1S/C22H36N4O2/c1-17(2)20-13-21(24-16-23-20)26-7-5-18-12-19(25-8-10-28-11-9-25)4-6-22(18,14-26)15-27-3/h13,16-19H,4-12,14-15H2,1-3H3/t18-,19-,22+/m1/s1. The van der Waals surface area contributed by atoms with E-state index in [2.05, 4.69) is 39.7 Å². The number of anilines is 1. The van der Waals surface area contributed by atoms with Crippen molar-refractivity contribution in [2.45, 2.75) is 51.5 Å². The number of morpholine rings is 1. The van der Waals surface area contributed by atoms with Gasteiger partial charge in [-0.1, -0.05) is 13.8 Å². The number of rotatable bonds is 5. The molecule has 4 rings (SSSR count). The summed E-state index contributed by atoms with van der Waals surface area (Å²) < 4.78 is 11.3. The van der Waals surface area contributed by atoms with Crippen LogP contribution in [-0.2, 0) is 9.47 Å². The predicted molar refractivity (Wildman–Crippen MR) is 111 cm³/mol. The molecule has 0 N–H and O–H groups in total. The number of nitrogens with zero attached hydrogens (tertiary/aromatic N) is 4. The lowest BCUT2D eigenvalue weighted by Gasteiger charge is -2.54. The molecule has 0 radical (unpaired) electrons. The number of fused-ring (bicyclic) bond motifs is 1. The molecule has 0 unspecified atom stereocenters. The molecular formula is C22H36N4O2. The summed E-state index contributed by atoms with van der Waals surface area (Å²) in [6, 6.07) is 2.90. The molecule has 3 fully saturated rings. The van der Waals surface area contributed by atoms with E-state index in [-0.39, 0.29) is 5.41 Å². The number of methoxy groups -OCH3 is 1. The lowest BCUT2D eigenvalue weighted by Crippen LogP contribution is -2.57. The van der Waals surface area contributed by atoms with E-state index in [1.807, 2.05) is 7.11 Å². The first kappa shape index (κ1) is 20.0. The number of hydrogen-bond acceptors (Lipinski definition) is 6. The van der Waals surface area contributed by atoms with Crippen LogP contribution < -0.4 is 4.90 Å². The van der Waals surface area contributed by atoms with E-state index in [1.54, 1.807) is 6.33 Å². The van der Waals surface area contributed by atoms with Crippen molar-refractivity contribution < 1.29 is 9.47 Å². The van der Waals surface area contributed by atoms with Crippen LogP contribution in [0.2, 0.25) is 0 Å². The maximum absolute atomic E-state index is 5.78. The van der Waals surface area contributed by atoms with Crippen molar-refractivity contribution in [3.63, 3.8) is 0 Å². The summed E-state index contributed by atoms with van der Waals surface area (Å²) in [5, 5.41) is 0. The van der Waals surface area contributed by atoms with Gasteiger partial charge in [-0.2, -0.15) is 0 Å². The Labute approximate surface area is 169 Å². The number of aromatic nitrogens is 2. The zero-order valence-electron chi connectivity index (χ0n) is 17.8. The van der Waals surface area contributed by atoms with E-state index in [0.717, 1.165) is 69.5 Å². The smallest absolute Gasteiger partial charge is 0.132 e. The van der Waals surface area contributed by atoms with E-state index in [1.165, 1.54) is 25.7 Å². The van der Waals surface area contributed by atoms with E-state index >= 15 is 0 Å². The Bertz CT molecular complexity index is 649. The van der Waals surface area contributed by atoms with Crippen molar-refractivity contribution in [1.82, 2.24) is 14.9 Å². The summed E-state index contributed by atoms with van der Waals surface area (Å²) in [5.41, 5.74) is 1.38. The van der Waals surface area contributed by atoms with E-state index < -0.39 is 0 Å².